The predicted octanol–water partition coefficient (Wildman–Crippen LogP) is 7.30. The van der Waals surface area contributed by atoms with Gasteiger partial charge in [0.25, 0.3) is 5.91 Å². The molecule has 0 atom stereocenters. The topological polar surface area (TPSA) is 41.5 Å². The highest BCUT2D eigenvalue weighted by Crippen LogP contribution is 2.35. The maximum atomic E-state index is 12.3. The van der Waals surface area contributed by atoms with E-state index in [-0.39, 0.29) is 5.91 Å². The SMILES string of the molecule is O=C(Nc1cc(N=Cc2ccc(Cl)cc2Cl)c(Cl)cc1Cl)c1ccccc1. The standard InChI is InChI=1S/C20H12Cl4N2O/c21-14-7-6-13(15(22)8-14)11-25-18-10-19(17(24)9-16(18)23)26-20(27)12-4-2-1-3-5-12/h1-11H,(H,26,27). The molecule has 0 fully saturated rings. The first kappa shape index (κ1) is 19.7. The Hall–Kier alpha value is -2.04. The van der Waals surface area contributed by atoms with E-state index in [9.17, 15) is 4.79 Å². The molecule has 0 unspecified atom stereocenters. The van der Waals surface area contributed by atoms with Crippen molar-refractivity contribution >= 4 is 69.9 Å². The Kier molecular flexibility index (Phi) is 6.40. The highest BCUT2D eigenvalue weighted by Gasteiger charge is 2.11. The number of anilines is 1. The van der Waals surface area contributed by atoms with Crippen LogP contribution in [0.25, 0.3) is 0 Å². The van der Waals surface area contributed by atoms with Crippen LogP contribution >= 0.6 is 46.4 Å². The molecule has 0 saturated carbocycles. The van der Waals surface area contributed by atoms with E-state index in [2.05, 4.69) is 10.3 Å². The number of nitrogens with one attached hydrogen (secondary N) is 1. The molecule has 3 aromatic rings. The van der Waals surface area contributed by atoms with Gasteiger partial charge in [-0.1, -0.05) is 70.7 Å². The molecule has 136 valence electrons. The molecule has 3 nitrogen and oxygen atoms in total. The molecular weight excluding hydrogens is 426 g/mol. The average Bonchev–Trinajstić information content (AvgIpc) is 2.65. The van der Waals surface area contributed by atoms with Crippen molar-refractivity contribution in [3.63, 3.8) is 0 Å². The number of benzene rings is 3. The van der Waals surface area contributed by atoms with E-state index in [1.165, 1.54) is 6.07 Å². The minimum absolute atomic E-state index is 0.282. The minimum atomic E-state index is -0.282. The van der Waals surface area contributed by atoms with Crippen LogP contribution in [0.4, 0.5) is 11.4 Å². The summed E-state index contributed by atoms with van der Waals surface area (Å²) < 4.78 is 0. The Bertz CT molecular complexity index is 1020. The van der Waals surface area contributed by atoms with E-state index in [1.807, 2.05) is 6.07 Å². The van der Waals surface area contributed by atoms with Crippen molar-refractivity contribution in [3.8, 4) is 0 Å². The van der Waals surface area contributed by atoms with Gasteiger partial charge < -0.3 is 5.32 Å². The lowest BCUT2D eigenvalue weighted by atomic mass is 10.2. The Labute approximate surface area is 176 Å². The maximum Gasteiger partial charge on any atom is 0.255 e. The first-order chi connectivity index (χ1) is 12.9. The van der Waals surface area contributed by atoms with Crippen LogP contribution in [0.2, 0.25) is 20.1 Å². The fraction of sp³-hybridized carbons (Fsp3) is 0. The van der Waals surface area contributed by atoms with Gasteiger partial charge in [0, 0.05) is 22.4 Å². The Morgan fingerprint density at radius 1 is 0.852 bits per heavy atom. The summed E-state index contributed by atoms with van der Waals surface area (Å²) in [5.74, 6) is -0.282. The van der Waals surface area contributed by atoms with Crippen LogP contribution in [0.1, 0.15) is 15.9 Å². The summed E-state index contributed by atoms with van der Waals surface area (Å²) >= 11 is 24.5. The summed E-state index contributed by atoms with van der Waals surface area (Å²) in [6.07, 6.45) is 1.57. The predicted molar refractivity (Wildman–Crippen MR) is 115 cm³/mol. The van der Waals surface area contributed by atoms with Crippen molar-refractivity contribution in [2.75, 3.05) is 5.32 Å². The highest BCUT2D eigenvalue weighted by atomic mass is 35.5. The number of carbonyl (C=O) groups is 1. The zero-order valence-corrected chi connectivity index (χ0v) is 16.7. The van der Waals surface area contributed by atoms with Crippen LogP contribution in [-0.2, 0) is 0 Å². The average molecular weight is 438 g/mol. The third-order valence-electron chi connectivity index (χ3n) is 3.63. The number of nitrogens with zero attached hydrogens (tertiary/aromatic N) is 1. The molecular formula is C20H12Cl4N2O. The molecule has 0 bridgehead atoms. The largest absolute Gasteiger partial charge is 0.321 e. The van der Waals surface area contributed by atoms with Crippen LogP contribution < -0.4 is 5.32 Å². The molecule has 3 aromatic carbocycles. The lowest BCUT2D eigenvalue weighted by molar-refractivity contribution is 0.102. The first-order valence-corrected chi connectivity index (χ1v) is 9.30. The molecule has 0 spiro atoms. The molecule has 0 saturated heterocycles. The fourth-order valence-corrected chi connectivity index (χ4v) is 3.20. The van der Waals surface area contributed by atoms with Gasteiger partial charge in [-0.3, -0.25) is 9.79 Å². The van der Waals surface area contributed by atoms with Crippen molar-refractivity contribution < 1.29 is 4.79 Å². The van der Waals surface area contributed by atoms with E-state index < -0.39 is 0 Å². The zero-order valence-electron chi connectivity index (χ0n) is 13.7. The highest BCUT2D eigenvalue weighted by molar-refractivity contribution is 6.38. The summed E-state index contributed by atoms with van der Waals surface area (Å²) in [7, 11) is 0. The molecule has 3 rings (SSSR count). The number of halogens is 4. The fourth-order valence-electron chi connectivity index (χ4n) is 2.26. The lowest BCUT2D eigenvalue weighted by Crippen LogP contribution is -2.11. The van der Waals surface area contributed by atoms with E-state index in [0.29, 0.717) is 42.6 Å². The third kappa shape index (κ3) is 5.02. The number of hydrogen-bond acceptors (Lipinski definition) is 2. The summed E-state index contributed by atoms with van der Waals surface area (Å²) in [5.41, 5.74) is 2.04. The molecule has 0 heterocycles. The molecule has 27 heavy (non-hydrogen) atoms. The van der Waals surface area contributed by atoms with Crippen molar-refractivity contribution in [1.82, 2.24) is 0 Å². The van der Waals surface area contributed by atoms with Crippen LogP contribution in [0.5, 0.6) is 0 Å². The van der Waals surface area contributed by atoms with E-state index in [1.54, 1.807) is 54.7 Å². The molecule has 0 aliphatic heterocycles. The second-order valence-electron chi connectivity index (χ2n) is 5.53. The van der Waals surface area contributed by atoms with Gasteiger partial charge in [-0.15, -0.1) is 0 Å². The van der Waals surface area contributed by atoms with Crippen molar-refractivity contribution in [2.24, 2.45) is 4.99 Å². The number of amides is 1. The second kappa shape index (κ2) is 8.77. The molecule has 1 amide bonds. The summed E-state index contributed by atoms with van der Waals surface area (Å²) in [6, 6.07) is 17.0. The van der Waals surface area contributed by atoms with Crippen molar-refractivity contribution in [2.45, 2.75) is 0 Å². The number of hydrogen-bond donors (Lipinski definition) is 1. The van der Waals surface area contributed by atoms with Gasteiger partial charge in [-0.25, -0.2) is 0 Å². The summed E-state index contributed by atoms with van der Waals surface area (Å²) in [5, 5.41) is 4.42. The molecule has 1 N–H and O–H groups in total. The van der Waals surface area contributed by atoms with Gasteiger partial charge >= 0.3 is 0 Å². The molecule has 0 aliphatic carbocycles. The minimum Gasteiger partial charge on any atom is -0.321 e. The van der Waals surface area contributed by atoms with Crippen LogP contribution in [0.3, 0.4) is 0 Å². The van der Waals surface area contributed by atoms with E-state index >= 15 is 0 Å². The van der Waals surface area contributed by atoms with Gasteiger partial charge in [-0.05, 0) is 36.4 Å². The monoisotopic (exact) mass is 436 g/mol. The zero-order chi connectivity index (χ0) is 19.4. The van der Waals surface area contributed by atoms with Crippen LogP contribution in [-0.4, -0.2) is 12.1 Å². The Morgan fingerprint density at radius 3 is 2.30 bits per heavy atom. The lowest BCUT2D eigenvalue weighted by Gasteiger charge is -2.09. The first-order valence-electron chi connectivity index (χ1n) is 7.78. The third-order valence-corrected chi connectivity index (χ3v) is 4.80. The quantitative estimate of drug-likeness (QED) is 0.427. The number of carbonyl (C=O) groups excluding carboxylic acids is 1. The van der Waals surface area contributed by atoms with Gasteiger partial charge in [0.15, 0.2) is 0 Å². The number of rotatable bonds is 4. The molecule has 7 heteroatoms. The normalized spacial score (nSPS) is 11.0. The van der Waals surface area contributed by atoms with Crippen molar-refractivity contribution in [3.05, 3.63) is 91.9 Å². The maximum absolute atomic E-state index is 12.3. The Balaban J connectivity index is 1.87. The Morgan fingerprint density at radius 2 is 1.59 bits per heavy atom. The smallest absolute Gasteiger partial charge is 0.255 e. The molecule has 0 aromatic heterocycles. The van der Waals surface area contributed by atoms with Crippen molar-refractivity contribution in [1.29, 1.82) is 0 Å². The summed E-state index contributed by atoms with van der Waals surface area (Å²) in [4.78, 5) is 16.7. The van der Waals surface area contributed by atoms with E-state index in [4.69, 9.17) is 46.4 Å². The van der Waals surface area contributed by atoms with Gasteiger partial charge in [-0.2, -0.15) is 0 Å². The van der Waals surface area contributed by atoms with Gasteiger partial charge in [0.2, 0.25) is 0 Å². The van der Waals surface area contributed by atoms with Crippen LogP contribution in [0.15, 0.2) is 65.7 Å². The molecule has 0 radical (unpaired) electrons. The van der Waals surface area contributed by atoms with Crippen LogP contribution in [0, 0.1) is 0 Å². The summed E-state index contributed by atoms with van der Waals surface area (Å²) in [6.45, 7) is 0. The van der Waals surface area contributed by atoms with E-state index in [0.717, 1.165) is 0 Å². The van der Waals surface area contributed by atoms with Gasteiger partial charge in [0.05, 0.1) is 26.4 Å². The van der Waals surface area contributed by atoms with Gasteiger partial charge in [0.1, 0.15) is 0 Å². The molecule has 0 aliphatic rings. The number of aliphatic imine (C=N–C) groups is 1. The second-order valence-corrected chi connectivity index (χ2v) is 7.19.